The predicted molar refractivity (Wildman–Crippen MR) is 130 cm³/mol. The van der Waals surface area contributed by atoms with Gasteiger partial charge in [0.05, 0.1) is 6.04 Å². The zero-order valence-corrected chi connectivity index (χ0v) is 19.0. The first kappa shape index (κ1) is 20.0. The first-order valence-electron chi connectivity index (χ1n) is 12.4. The van der Waals surface area contributed by atoms with Crippen molar-refractivity contribution < 1.29 is 14.3 Å². The normalized spacial score (nSPS) is 27.6. The Morgan fingerprint density at radius 1 is 0.941 bits per heavy atom. The summed E-state index contributed by atoms with van der Waals surface area (Å²) in [6, 6.07) is 23.2. The summed E-state index contributed by atoms with van der Waals surface area (Å²) in [5.74, 6) is 4.08. The maximum atomic E-state index is 13.1. The summed E-state index contributed by atoms with van der Waals surface area (Å²) in [6.45, 7) is 0.709. The molecular formula is C29H28N2O3. The first-order chi connectivity index (χ1) is 16.7. The van der Waals surface area contributed by atoms with Gasteiger partial charge in [-0.15, -0.1) is 0 Å². The molecule has 1 amide bonds. The van der Waals surface area contributed by atoms with Crippen LogP contribution in [0.2, 0.25) is 0 Å². The van der Waals surface area contributed by atoms with Gasteiger partial charge in [-0.05, 0) is 90.0 Å². The van der Waals surface area contributed by atoms with Gasteiger partial charge >= 0.3 is 0 Å². The molecule has 5 heteroatoms. The lowest BCUT2D eigenvalue weighted by Gasteiger charge is -2.43. The first-order valence-corrected chi connectivity index (χ1v) is 12.4. The van der Waals surface area contributed by atoms with Crippen LogP contribution in [-0.2, 0) is 6.54 Å². The van der Waals surface area contributed by atoms with E-state index >= 15 is 0 Å². The van der Waals surface area contributed by atoms with E-state index < -0.39 is 0 Å². The van der Waals surface area contributed by atoms with Crippen molar-refractivity contribution >= 4 is 11.6 Å². The Kier molecular flexibility index (Phi) is 4.57. The van der Waals surface area contributed by atoms with Crippen LogP contribution in [0.15, 0.2) is 66.7 Å². The topological polar surface area (TPSA) is 59.6 Å². The summed E-state index contributed by atoms with van der Waals surface area (Å²) in [4.78, 5) is 13.1. The third kappa shape index (κ3) is 3.17. The van der Waals surface area contributed by atoms with E-state index in [4.69, 9.17) is 9.47 Å². The summed E-state index contributed by atoms with van der Waals surface area (Å²) in [6.07, 6.45) is 3.97. The van der Waals surface area contributed by atoms with Crippen molar-refractivity contribution in [3.05, 3.63) is 89.0 Å². The Hall–Kier alpha value is -3.47. The second-order valence-corrected chi connectivity index (χ2v) is 10.1. The zero-order chi connectivity index (χ0) is 22.6. The molecule has 172 valence electrons. The van der Waals surface area contributed by atoms with Gasteiger partial charge in [-0.3, -0.25) is 4.79 Å². The fourth-order valence-corrected chi connectivity index (χ4v) is 6.95. The number of carbonyl (C=O) groups is 1. The molecule has 34 heavy (non-hydrogen) atoms. The van der Waals surface area contributed by atoms with Gasteiger partial charge in [-0.2, -0.15) is 0 Å². The number of hydrogen-bond donors (Lipinski definition) is 2. The molecule has 2 aliphatic heterocycles. The van der Waals surface area contributed by atoms with Crippen LogP contribution < -0.4 is 20.1 Å². The summed E-state index contributed by atoms with van der Waals surface area (Å²) in [7, 11) is 0. The summed E-state index contributed by atoms with van der Waals surface area (Å²) >= 11 is 0. The maximum absolute atomic E-state index is 13.1. The number of carbonyl (C=O) groups excluding carboxylic acids is 1. The van der Waals surface area contributed by atoms with Crippen LogP contribution in [0.1, 0.15) is 58.3 Å². The lowest BCUT2D eigenvalue weighted by atomic mass is 9.68. The maximum Gasteiger partial charge on any atom is 0.251 e. The second kappa shape index (κ2) is 7.79. The number of benzene rings is 3. The third-order valence-corrected chi connectivity index (χ3v) is 8.40. The van der Waals surface area contributed by atoms with Gasteiger partial charge < -0.3 is 20.1 Å². The zero-order valence-electron chi connectivity index (χ0n) is 19.0. The molecule has 0 spiro atoms. The van der Waals surface area contributed by atoms with Gasteiger partial charge in [-0.1, -0.05) is 36.4 Å². The monoisotopic (exact) mass is 452 g/mol. The minimum Gasteiger partial charge on any atom is -0.454 e. The Labute approximate surface area is 199 Å². The molecule has 4 aliphatic rings. The fraction of sp³-hybridized carbons (Fsp3) is 0.345. The molecule has 3 aromatic rings. The molecule has 0 radical (unpaired) electrons. The SMILES string of the molecule is O=C(NCc1ccc2c(c1)OCO2)c1ccc2c(c1)C1C3CCC(C3)C1C(c1ccccc1)N2. The van der Waals surface area contributed by atoms with E-state index in [0.29, 0.717) is 24.4 Å². The van der Waals surface area contributed by atoms with Gasteiger partial charge in [-0.25, -0.2) is 0 Å². The Balaban J connectivity index is 1.15. The standard InChI is InChI=1S/C29H28N2O3/c32-29(30-15-17-6-11-24-25(12-17)34-16-33-24)21-9-10-23-22(14-21)26-19-7-8-20(13-19)27(26)28(31-23)18-4-2-1-3-5-18/h1-6,9-12,14,19-20,26-28,31H,7-8,13,15-16H2,(H,30,32). The van der Waals surface area contributed by atoms with Crippen LogP contribution in [0.25, 0.3) is 0 Å². The minimum atomic E-state index is -0.0367. The number of nitrogens with one attached hydrogen (secondary N) is 2. The van der Waals surface area contributed by atoms with Crippen molar-refractivity contribution in [2.75, 3.05) is 12.1 Å². The van der Waals surface area contributed by atoms with Crippen LogP contribution in [0.4, 0.5) is 5.69 Å². The lowest BCUT2D eigenvalue weighted by molar-refractivity contribution is 0.0950. The van der Waals surface area contributed by atoms with Crippen LogP contribution in [0, 0.1) is 17.8 Å². The molecule has 5 unspecified atom stereocenters. The molecule has 0 saturated heterocycles. The summed E-state index contributed by atoms with van der Waals surface area (Å²) < 4.78 is 10.8. The van der Waals surface area contributed by atoms with E-state index in [0.717, 1.165) is 34.5 Å². The number of fused-ring (bicyclic) bond motifs is 8. The molecule has 2 heterocycles. The molecule has 2 bridgehead atoms. The van der Waals surface area contributed by atoms with E-state index in [1.165, 1.54) is 36.1 Å². The predicted octanol–water partition coefficient (Wildman–Crippen LogP) is 5.64. The molecule has 7 rings (SSSR count). The molecule has 2 fully saturated rings. The van der Waals surface area contributed by atoms with Gasteiger partial charge in [0.15, 0.2) is 11.5 Å². The molecule has 5 nitrogen and oxygen atoms in total. The number of amides is 1. The number of anilines is 1. The highest BCUT2D eigenvalue weighted by molar-refractivity contribution is 5.95. The quantitative estimate of drug-likeness (QED) is 0.538. The number of hydrogen-bond acceptors (Lipinski definition) is 4. The van der Waals surface area contributed by atoms with Gasteiger partial charge in [0.1, 0.15) is 0 Å². The van der Waals surface area contributed by atoms with Crippen LogP contribution >= 0.6 is 0 Å². The average molecular weight is 453 g/mol. The van der Waals surface area contributed by atoms with Gasteiger partial charge in [0.2, 0.25) is 6.79 Å². The third-order valence-electron chi connectivity index (χ3n) is 8.40. The number of rotatable bonds is 4. The highest BCUT2D eigenvalue weighted by Crippen LogP contribution is 2.63. The largest absolute Gasteiger partial charge is 0.454 e. The Morgan fingerprint density at radius 3 is 2.71 bits per heavy atom. The van der Waals surface area contributed by atoms with Gasteiger partial charge in [0.25, 0.3) is 5.91 Å². The summed E-state index contributed by atoms with van der Waals surface area (Å²) in [5, 5.41) is 6.95. The Morgan fingerprint density at radius 2 is 1.79 bits per heavy atom. The average Bonchev–Trinajstić information content (AvgIpc) is 3.63. The molecule has 2 aliphatic carbocycles. The minimum absolute atomic E-state index is 0.0367. The van der Waals surface area contributed by atoms with Crippen molar-refractivity contribution in [1.29, 1.82) is 0 Å². The summed E-state index contributed by atoms with van der Waals surface area (Å²) in [5.41, 5.74) is 5.63. The highest BCUT2D eigenvalue weighted by Gasteiger charge is 2.53. The van der Waals surface area contributed by atoms with E-state index in [2.05, 4.69) is 53.1 Å². The molecule has 2 saturated carbocycles. The van der Waals surface area contributed by atoms with E-state index in [1.807, 2.05) is 24.3 Å². The Bertz CT molecular complexity index is 1260. The van der Waals surface area contributed by atoms with Crippen molar-refractivity contribution in [2.45, 2.75) is 37.8 Å². The van der Waals surface area contributed by atoms with Crippen LogP contribution in [0.5, 0.6) is 11.5 Å². The molecule has 0 aromatic heterocycles. The smallest absolute Gasteiger partial charge is 0.251 e. The van der Waals surface area contributed by atoms with Crippen molar-refractivity contribution in [3.63, 3.8) is 0 Å². The van der Waals surface area contributed by atoms with Crippen molar-refractivity contribution in [2.24, 2.45) is 17.8 Å². The molecule has 5 atom stereocenters. The van der Waals surface area contributed by atoms with E-state index in [9.17, 15) is 4.79 Å². The van der Waals surface area contributed by atoms with Crippen molar-refractivity contribution in [1.82, 2.24) is 5.32 Å². The second-order valence-electron chi connectivity index (χ2n) is 10.1. The fourth-order valence-electron chi connectivity index (χ4n) is 6.95. The molecular weight excluding hydrogens is 424 g/mol. The molecule has 3 aromatic carbocycles. The van der Waals surface area contributed by atoms with Crippen LogP contribution in [-0.4, -0.2) is 12.7 Å². The highest BCUT2D eigenvalue weighted by atomic mass is 16.7. The van der Waals surface area contributed by atoms with Crippen molar-refractivity contribution in [3.8, 4) is 11.5 Å². The van der Waals surface area contributed by atoms with E-state index in [1.54, 1.807) is 0 Å². The van der Waals surface area contributed by atoms with Gasteiger partial charge in [0, 0.05) is 17.8 Å². The number of ether oxygens (including phenoxy) is 2. The van der Waals surface area contributed by atoms with Crippen LogP contribution in [0.3, 0.4) is 0 Å². The van der Waals surface area contributed by atoms with E-state index in [-0.39, 0.29) is 12.7 Å². The lowest BCUT2D eigenvalue weighted by Crippen LogP contribution is -2.35. The molecule has 2 N–H and O–H groups in total.